The summed E-state index contributed by atoms with van der Waals surface area (Å²) in [5.41, 5.74) is 22.8. The Morgan fingerprint density at radius 1 is 0.402 bits per heavy atom. The van der Waals surface area contributed by atoms with Crippen molar-refractivity contribution in [2.75, 3.05) is 20.9 Å². The number of nitrogens with two attached hydrogens (primary N) is 2. The van der Waals surface area contributed by atoms with Gasteiger partial charge in [-0.15, -0.1) is 20.5 Å². The molecule has 10 N–H and O–H groups in total. The van der Waals surface area contributed by atoms with Crippen LogP contribution >= 0.6 is 0 Å². The molecule has 0 saturated heterocycles. The zero-order valence-corrected chi connectivity index (χ0v) is 52.9. The van der Waals surface area contributed by atoms with Gasteiger partial charge in [0.2, 0.25) is 0 Å². The first-order chi connectivity index (χ1) is 43.6. The first kappa shape index (κ1) is 63.9. The Balaban J connectivity index is 0.773. The number of sulfonamides is 2. The topological polar surface area (TPSA) is 383 Å². The quantitative estimate of drug-likeness (QED) is 0.0139. The molecular formula is C65H58N14O10S3. The molecule has 0 atom stereocenters. The van der Waals surface area contributed by atoms with E-state index < -0.39 is 46.5 Å². The fraction of sp³-hybridized carbons (Fsp3) is 0.123. The predicted octanol–water partition coefficient (Wildman–Crippen LogP) is 17.4. The van der Waals surface area contributed by atoms with Gasteiger partial charge in [0.1, 0.15) is 45.1 Å². The normalized spacial score (nSPS) is 12.2. The van der Waals surface area contributed by atoms with E-state index in [2.05, 4.69) is 66.4 Å². The number of phenols is 3. The van der Waals surface area contributed by atoms with Gasteiger partial charge in [0.25, 0.3) is 30.2 Å². The zero-order chi connectivity index (χ0) is 66.1. The van der Waals surface area contributed by atoms with Crippen LogP contribution in [0.3, 0.4) is 0 Å². The van der Waals surface area contributed by atoms with Crippen molar-refractivity contribution in [3.63, 3.8) is 0 Å². The van der Waals surface area contributed by atoms with Crippen molar-refractivity contribution in [3.8, 4) is 17.2 Å². The maximum atomic E-state index is 13.5. The minimum atomic E-state index is -4.92. The van der Waals surface area contributed by atoms with Gasteiger partial charge < -0.3 is 26.8 Å². The molecule has 10 rings (SSSR count). The van der Waals surface area contributed by atoms with Crippen molar-refractivity contribution in [2.24, 2.45) is 50.9 Å². The van der Waals surface area contributed by atoms with Crippen LogP contribution in [-0.4, -0.2) is 51.1 Å². The van der Waals surface area contributed by atoms with E-state index in [9.17, 15) is 45.1 Å². The number of nitrogens with one attached hydrogen (secondary N) is 2. The van der Waals surface area contributed by atoms with Gasteiger partial charge in [0, 0.05) is 11.1 Å². The van der Waals surface area contributed by atoms with E-state index in [1.54, 1.807) is 19.1 Å². The van der Waals surface area contributed by atoms with Gasteiger partial charge in [-0.2, -0.15) is 38.9 Å². The number of hydrogen-bond donors (Lipinski definition) is 8. The van der Waals surface area contributed by atoms with Crippen molar-refractivity contribution >= 4 is 137 Å². The molecule has 0 heterocycles. The highest BCUT2D eigenvalue weighted by atomic mass is 32.2. The van der Waals surface area contributed by atoms with Crippen LogP contribution in [-0.2, 0) is 30.2 Å². The van der Waals surface area contributed by atoms with E-state index in [4.69, 9.17) is 11.5 Å². The highest BCUT2D eigenvalue weighted by Gasteiger charge is 2.25. The summed E-state index contributed by atoms with van der Waals surface area (Å²) in [6.45, 7) is 15.3. The van der Waals surface area contributed by atoms with Crippen molar-refractivity contribution in [3.05, 3.63) is 190 Å². The Kier molecular flexibility index (Phi) is 17.7. The van der Waals surface area contributed by atoms with Crippen molar-refractivity contribution < 1.29 is 45.1 Å². The molecule has 24 nitrogen and oxygen atoms in total. The highest BCUT2D eigenvalue weighted by molar-refractivity contribution is 7.93. The van der Waals surface area contributed by atoms with Crippen LogP contribution in [0.15, 0.2) is 211 Å². The molecule has 10 aromatic rings. The number of fused-ring (bicyclic) bond motifs is 2. The Labute approximate surface area is 528 Å². The molecule has 0 aliphatic carbocycles. The SMILES string of the molecule is Cc1cc(C)c(N=Nc2c(C)cc3c(S(=O)(=O)O)cc(N=Nc4ccc(S(=O)(=O)Nc5ccc(O)c(N=C=Nc6ccc(NS(=O)(=O)c7ccc(N=Nc8ccc9cc(C)c(N=Nc%10ccc(C)c(C)c%10C)c(N)c9c8O)cc7)cc6)c5)cc4)c(O)c3c2N)cc1C. The minimum absolute atomic E-state index is 0.00429. The molecule has 0 aliphatic rings. The lowest BCUT2D eigenvalue weighted by Gasteiger charge is -2.14. The van der Waals surface area contributed by atoms with Crippen LogP contribution in [0.5, 0.6) is 17.2 Å². The smallest absolute Gasteiger partial charge is 0.295 e. The predicted molar refractivity (Wildman–Crippen MR) is 356 cm³/mol. The number of hydrogen-bond acceptors (Lipinski definition) is 21. The number of phenolic OH excluding ortho intramolecular Hbond substituents is 3. The number of aryl methyl sites for hydroxylation is 6. The molecule has 0 aliphatic heterocycles. The van der Waals surface area contributed by atoms with Crippen molar-refractivity contribution in [1.82, 2.24) is 0 Å². The number of aliphatic imine (C=N–C) groups is 2. The van der Waals surface area contributed by atoms with Crippen molar-refractivity contribution in [1.29, 1.82) is 0 Å². The summed E-state index contributed by atoms with van der Waals surface area (Å²) in [6, 6.07) is 37.9. The van der Waals surface area contributed by atoms with Crippen LogP contribution < -0.4 is 20.9 Å². The van der Waals surface area contributed by atoms with E-state index in [1.165, 1.54) is 97.1 Å². The fourth-order valence-corrected chi connectivity index (χ4v) is 12.5. The second-order valence-electron chi connectivity index (χ2n) is 21.5. The number of benzene rings is 10. The lowest BCUT2D eigenvalue weighted by Crippen LogP contribution is -2.12. The average Bonchev–Trinajstić information content (AvgIpc) is 0.754. The maximum absolute atomic E-state index is 13.5. The van der Waals surface area contributed by atoms with Gasteiger partial charge >= 0.3 is 0 Å². The third-order valence-electron chi connectivity index (χ3n) is 15.2. The molecule has 10 aromatic carbocycles. The summed E-state index contributed by atoms with van der Waals surface area (Å²) in [5, 5.41) is 68.3. The molecule has 0 radical (unpaired) electrons. The molecule has 0 amide bonds. The van der Waals surface area contributed by atoms with E-state index in [0.29, 0.717) is 44.8 Å². The number of nitrogen functional groups attached to an aromatic ring is 2. The fourth-order valence-electron chi connectivity index (χ4n) is 9.71. The van der Waals surface area contributed by atoms with E-state index >= 15 is 0 Å². The molecule has 27 heteroatoms. The average molecular weight is 1290 g/mol. The van der Waals surface area contributed by atoms with Gasteiger partial charge in [-0.05, 0) is 233 Å². The Hall–Kier alpha value is -11.1. The molecule has 0 unspecified atom stereocenters. The van der Waals surface area contributed by atoms with E-state index in [-0.39, 0.29) is 77.6 Å². The Morgan fingerprint density at radius 3 is 1.53 bits per heavy atom. The van der Waals surface area contributed by atoms with Gasteiger partial charge in [-0.3, -0.25) is 14.0 Å². The summed E-state index contributed by atoms with van der Waals surface area (Å²) >= 11 is 0. The highest BCUT2D eigenvalue weighted by Crippen LogP contribution is 2.48. The molecule has 0 spiro atoms. The zero-order valence-electron chi connectivity index (χ0n) is 50.4. The van der Waals surface area contributed by atoms with Crippen LogP contribution in [0.25, 0.3) is 21.5 Å². The monoisotopic (exact) mass is 1290 g/mol. The number of aromatic hydroxyl groups is 3. The second kappa shape index (κ2) is 25.4. The van der Waals surface area contributed by atoms with Crippen LogP contribution in [0.1, 0.15) is 44.5 Å². The molecule has 0 bridgehead atoms. The van der Waals surface area contributed by atoms with E-state index in [1.807, 2.05) is 78.8 Å². The second-order valence-corrected chi connectivity index (χ2v) is 26.3. The maximum Gasteiger partial charge on any atom is 0.295 e. The van der Waals surface area contributed by atoms with Gasteiger partial charge in [0.05, 0.1) is 66.1 Å². The standard InChI is InChI=1S/C65H58N14O10S3/c1-34-9-24-51(41(8)40(34)7)72-76-62-38(5)28-42-10-25-52(64(81)58(42)60(62)66)73-70-44-15-20-48(21-16-44)90(83,84)78-46-13-11-43(12-14-46)68-33-69-54-31-47(19-26-56(54)80)79-91(85,86)49-22-17-45(18-23-49)71-75-55-32-57(92(87,88)89)50-29-39(6)63(61(67)59(50)65(55)82)77-74-53-30-36(3)35(2)27-37(53)4/h9-32,78-82H,66-67H2,1-8H3,(H,87,88,89). The molecule has 466 valence electrons. The summed E-state index contributed by atoms with van der Waals surface area (Å²) in [7, 11) is -13.3. The summed E-state index contributed by atoms with van der Waals surface area (Å²) in [4.78, 5) is 7.27. The lowest BCUT2D eigenvalue weighted by molar-refractivity contribution is 0.476. The lowest BCUT2D eigenvalue weighted by atomic mass is 10.0. The third-order valence-corrected chi connectivity index (χ3v) is 18.9. The minimum Gasteiger partial charge on any atom is -0.506 e. The summed E-state index contributed by atoms with van der Waals surface area (Å²) < 4.78 is 94.4. The largest absolute Gasteiger partial charge is 0.506 e. The molecular weight excluding hydrogens is 1230 g/mol. The number of anilines is 4. The van der Waals surface area contributed by atoms with Crippen LogP contribution in [0, 0.1) is 55.4 Å². The first-order valence-electron chi connectivity index (χ1n) is 27.8. The number of azo groups is 4. The summed E-state index contributed by atoms with van der Waals surface area (Å²) in [5.74, 6) is -1.13. The first-order valence-corrected chi connectivity index (χ1v) is 32.3. The molecule has 0 saturated carbocycles. The van der Waals surface area contributed by atoms with Gasteiger partial charge in [-0.25, -0.2) is 16.8 Å². The summed E-state index contributed by atoms with van der Waals surface area (Å²) in [6.07, 6.45) is 0. The molecule has 92 heavy (non-hydrogen) atoms. The van der Waals surface area contributed by atoms with E-state index in [0.717, 1.165) is 45.0 Å². The van der Waals surface area contributed by atoms with Gasteiger partial charge in [-0.1, -0.05) is 18.2 Å². The number of rotatable bonds is 17. The van der Waals surface area contributed by atoms with Crippen molar-refractivity contribution in [2.45, 2.75) is 70.1 Å². The Bertz CT molecular complexity index is 5230. The number of nitrogens with zero attached hydrogens (tertiary/aromatic N) is 10. The Morgan fingerprint density at radius 2 is 0.913 bits per heavy atom. The van der Waals surface area contributed by atoms with Crippen LogP contribution in [0.2, 0.25) is 0 Å². The third kappa shape index (κ3) is 13.6. The molecule has 0 aromatic heterocycles. The molecule has 0 fully saturated rings. The van der Waals surface area contributed by atoms with Gasteiger partial charge in [0.15, 0.2) is 11.5 Å². The van der Waals surface area contributed by atoms with Crippen LogP contribution in [0.4, 0.5) is 79.6 Å².